The average Bonchev–Trinajstić information content (AvgIpc) is 3.21. The van der Waals surface area contributed by atoms with Gasteiger partial charge in [-0.25, -0.2) is 4.52 Å². The summed E-state index contributed by atoms with van der Waals surface area (Å²) in [5.41, 5.74) is 2.07. The van der Waals surface area contributed by atoms with Crippen LogP contribution in [0.1, 0.15) is 37.3 Å². The van der Waals surface area contributed by atoms with E-state index in [4.69, 9.17) is 4.74 Å². The number of imidazole rings is 1. The highest BCUT2D eigenvalue weighted by Gasteiger charge is 2.28. The Kier molecular flexibility index (Phi) is 2.12. The van der Waals surface area contributed by atoms with Crippen molar-refractivity contribution in [3.63, 3.8) is 0 Å². The summed E-state index contributed by atoms with van der Waals surface area (Å²) in [4.78, 5) is 4.48. The molecule has 4 rings (SSSR count). The Morgan fingerprint density at radius 2 is 2.06 bits per heavy atom. The van der Waals surface area contributed by atoms with Crippen LogP contribution in [0.15, 0.2) is 12.1 Å². The Morgan fingerprint density at radius 3 is 2.76 bits per heavy atom. The molecule has 0 amide bonds. The summed E-state index contributed by atoms with van der Waals surface area (Å²) in [6.45, 7) is 0. The van der Waals surface area contributed by atoms with Crippen molar-refractivity contribution < 1.29 is 4.74 Å². The largest absolute Gasteiger partial charge is 0.472 e. The summed E-state index contributed by atoms with van der Waals surface area (Å²) >= 11 is 2.27. The van der Waals surface area contributed by atoms with Gasteiger partial charge in [0.05, 0.1) is 5.69 Å². The fourth-order valence-corrected chi connectivity index (χ4v) is 2.52. The standard InChI is InChI=1S/C12H12IN3O/c13-11-12(17-8-3-4-8)14-10-6-5-9(7-1-2-7)15-16(10)11/h5-8H,1-4H2. The third-order valence-electron chi connectivity index (χ3n) is 3.21. The Hall–Kier alpha value is -0.850. The summed E-state index contributed by atoms with van der Waals surface area (Å²) in [5.74, 6) is 1.42. The van der Waals surface area contributed by atoms with E-state index >= 15 is 0 Å². The number of halogens is 1. The van der Waals surface area contributed by atoms with Crippen molar-refractivity contribution in [2.24, 2.45) is 0 Å². The first-order valence-electron chi connectivity index (χ1n) is 6.03. The maximum Gasteiger partial charge on any atom is 0.248 e. The summed E-state index contributed by atoms with van der Waals surface area (Å²) in [7, 11) is 0. The van der Waals surface area contributed by atoms with E-state index < -0.39 is 0 Å². The highest BCUT2D eigenvalue weighted by atomic mass is 127. The minimum absolute atomic E-state index is 0.385. The van der Waals surface area contributed by atoms with Crippen molar-refractivity contribution in [2.75, 3.05) is 0 Å². The minimum Gasteiger partial charge on any atom is -0.472 e. The van der Waals surface area contributed by atoms with E-state index in [-0.39, 0.29) is 0 Å². The number of rotatable bonds is 3. The second-order valence-corrected chi connectivity index (χ2v) is 5.85. The number of hydrogen-bond donors (Lipinski definition) is 0. The molecule has 4 nitrogen and oxygen atoms in total. The molecule has 2 fully saturated rings. The Morgan fingerprint density at radius 1 is 1.24 bits per heavy atom. The highest BCUT2D eigenvalue weighted by Crippen LogP contribution is 2.39. The second kappa shape index (κ2) is 3.57. The molecule has 2 aromatic heterocycles. The van der Waals surface area contributed by atoms with Crippen LogP contribution in [0.2, 0.25) is 0 Å². The molecule has 0 spiro atoms. The first-order valence-corrected chi connectivity index (χ1v) is 7.11. The van der Waals surface area contributed by atoms with Crippen molar-refractivity contribution in [3.8, 4) is 5.88 Å². The lowest BCUT2D eigenvalue weighted by atomic mass is 10.3. The third kappa shape index (κ3) is 1.80. The number of ether oxygens (including phenoxy) is 1. The van der Waals surface area contributed by atoms with E-state index in [0.717, 1.165) is 28.1 Å². The van der Waals surface area contributed by atoms with Gasteiger partial charge in [-0.1, -0.05) is 0 Å². The predicted molar refractivity (Wildman–Crippen MR) is 71.3 cm³/mol. The fraction of sp³-hybridized carbons (Fsp3) is 0.500. The van der Waals surface area contributed by atoms with Gasteiger partial charge in [0, 0.05) is 5.92 Å². The molecule has 2 aromatic rings. The molecule has 0 radical (unpaired) electrons. The Balaban J connectivity index is 1.79. The lowest BCUT2D eigenvalue weighted by Gasteiger charge is -2.00. The van der Waals surface area contributed by atoms with Crippen LogP contribution in [0.25, 0.3) is 5.65 Å². The smallest absolute Gasteiger partial charge is 0.248 e. The minimum atomic E-state index is 0.385. The molecule has 0 unspecified atom stereocenters. The van der Waals surface area contributed by atoms with Crippen LogP contribution >= 0.6 is 22.6 Å². The summed E-state index contributed by atoms with van der Waals surface area (Å²) in [5, 5.41) is 4.65. The van der Waals surface area contributed by atoms with Gasteiger partial charge in [0.1, 0.15) is 6.10 Å². The molecule has 0 atom stereocenters. The van der Waals surface area contributed by atoms with Gasteiger partial charge < -0.3 is 4.74 Å². The molecule has 2 aliphatic rings. The Labute approximate surface area is 113 Å². The molecule has 5 heteroatoms. The van der Waals surface area contributed by atoms with Crippen LogP contribution < -0.4 is 4.74 Å². The molecular formula is C12H12IN3O. The lowest BCUT2D eigenvalue weighted by Crippen LogP contribution is -2.00. The normalized spacial score (nSPS) is 19.8. The van der Waals surface area contributed by atoms with E-state index in [9.17, 15) is 0 Å². The molecular weight excluding hydrogens is 329 g/mol. The van der Waals surface area contributed by atoms with Crippen molar-refractivity contribution in [1.82, 2.24) is 14.6 Å². The summed E-state index contributed by atoms with van der Waals surface area (Å²) < 4.78 is 8.68. The fourth-order valence-electron chi connectivity index (χ4n) is 1.92. The van der Waals surface area contributed by atoms with Gasteiger partial charge in [-0.3, -0.25) is 0 Å². The van der Waals surface area contributed by atoms with Gasteiger partial charge in [0.25, 0.3) is 0 Å². The topological polar surface area (TPSA) is 39.4 Å². The molecule has 17 heavy (non-hydrogen) atoms. The summed E-state index contributed by atoms with van der Waals surface area (Å²) in [6.07, 6.45) is 5.25. The molecule has 2 saturated carbocycles. The van der Waals surface area contributed by atoms with Gasteiger partial charge in [-0.2, -0.15) is 10.1 Å². The van der Waals surface area contributed by atoms with Crippen LogP contribution in [0.5, 0.6) is 5.88 Å². The quantitative estimate of drug-likeness (QED) is 0.806. The van der Waals surface area contributed by atoms with Gasteiger partial charge in [-0.15, -0.1) is 0 Å². The van der Waals surface area contributed by atoms with Crippen LogP contribution in [0, 0.1) is 3.70 Å². The van der Waals surface area contributed by atoms with E-state index in [2.05, 4.69) is 38.7 Å². The van der Waals surface area contributed by atoms with Crippen molar-refractivity contribution >= 4 is 28.2 Å². The molecule has 0 saturated heterocycles. The van der Waals surface area contributed by atoms with Crippen molar-refractivity contribution in [1.29, 1.82) is 0 Å². The van der Waals surface area contributed by atoms with E-state index in [0.29, 0.717) is 12.0 Å². The molecule has 0 bridgehead atoms. The molecule has 0 N–H and O–H groups in total. The average molecular weight is 341 g/mol. The zero-order chi connectivity index (χ0) is 11.4. The number of nitrogens with zero attached hydrogens (tertiary/aromatic N) is 3. The van der Waals surface area contributed by atoms with Gasteiger partial charge in [0.15, 0.2) is 9.35 Å². The van der Waals surface area contributed by atoms with Crippen LogP contribution in [0.3, 0.4) is 0 Å². The van der Waals surface area contributed by atoms with Crippen LogP contribution in [0.4, 0.5) is 0 Å². The second-order valence-electron chi connectivity index (χ2n) is 4.83. The van der Waals surface area contributed by atoms with E-state index in [1.54, 1.807) is 0 Å². The van der Waals surface area contributed by atoms with Crippen molar-refractivity contribution in [2.45, 2.75) is 37.7 Å². The first-order chi connectivity index (χ1) is 8.31. The maximum absolute atomic E-state index is 5.78. The molecule has 0 aliphatic heterocycles. The monoisotopic (exact) mass is 341 g/mol. The van der Waals surface area contributed by atoms with E-state index in [1.165, 1.54) is 18.5 Å². The van der Waals surface area contributed by atoms with Crippen molar-refractivity contribution in [3.05, 3.63) is 21.5 Å². The Bertz CT molecular complexity index is 587. The number of hydrogen-bond acceptors (Lipinski definition) is 3. The molecule has 88 valence electrons. The highest BCUT2D eigenvalue weighted by molar-refractivity contribution is 14.1. The van der Waals surface area contributed by atoms with Crippen LogP contribution in [-0.2, 0) is 0 Å². The maximum atomic E-state index is 5.78. The number of aromatic nitrogens is 3. The molecule has 2 aliphatic carbocycles. The predicted octanol–water partition coefficient (Wildman–Crippen LogP) is 2.75. The molecule has 0 aromatic carbocycles. The van der Waals surface area contributed by atoms with Gasteiger partial charge in [0.2, 0.25) is 5.88 Å². The van der Waals surface area contributed by atoms with Crippen LogP contribution in [-0.4, -0.2) is 20.7 Å². The first kappa shape index (κ1) is 10.1. The molecule has 2 heterocycles. The van der Waals surface area contributed by atoms with E-state index in [1.807, 2.05) is 10.6 Å². The van der Waals surface area contributed by atoms with Gasteiger partial charge in [-0.05, 0) is 60.4 Å². The number of fused-ring (bicyclic) bond motifs is 1. The third-order valence-corrected chi connectivity index (χ3v) is 4.13. The summed E-state index contributed by atoms with van der Waals surface area (Å²) in [6, 6.07) is 4.14. The zero-order valence-corrected chi connectivity index (χ0v) is 11.4. The lowest BCUT2D eigenvalue weighted by molar-refractivity contribution is 0.290. The zero-order valence-electron chi connectivity index (χ0n) is 9.27. The van der Waals surface area contributed by atoms with Gasteiger partial charge >= 0.3 is 0 Å². The SMILES string of the molecule is Ic1c(OC2CC2)nc2ccc(C3CC3)nn12.